The third-order valence-electron chi connectivity index (χ3n) is 2.53. The van der Waals surface area contributed by atoms with Crippen LogP contribution in [0, 0.1) is 12.9 Å². The van der Waals surface area contributed by atoms with Crippen LogP contribution in [0.4, 0.5) is 4.39 Å². The summed E-state index contributed by atoms with van der Waals surface area (Å²) in [7, 11) is -4.02. The van der Waals surface area contributed by atoms with Crippen molar-refractivity contribution >= 4 is 10.1 Å². The minimum absolute atomic E-state index is 0.0324. The molecule has 6 nitrogen and oxygen atoms in total. The minimum Gasteiger partial charge on any atom is -0.490 e. The molecule has 0 spiro atoms. The second kappa shape index (κ2) is 8.56. The largest absolute Gasteiger partial charge is 0.490 e. The maximum atomic E-state index is 12.3. The number of rotatable bonds is 4. The third kappa shape index (κ3) is 7.68. The Bertz CT molecular complexity index is 701. The third-order valence-corrected chi connectivity index (χ3v) is 3.40. The summed E-state index contributed by atoms with van der Waals surface area (Å²) in [6, 6.07) is 8.72. The van der Waals surface area contributed by atoms with Crippen LogP contribution >= 0.6 is 0 Å². The monoisotopic (exact) mass is 342 g/mol. The van der Waals surface area contributed by atoms with Gasteiger partial charge in [-0.2, -0.15) is 12.8 Å². The molecule has 0 aliphatic carbocycles. The van der Waals surface area contributed by atoms with Crippen LogP contribution in [0.15, 0.2) is 47.5 Å². The van der Waals surface area contributed by atoms with Crippen molar-refractivity contribution in [3.05, 3.63) is 54.1 Å². The predicted molar refractivity (Wildman–Crippen MR) is 84.3 cm³/mol. The fourth-order valence-corrected chi connectivity index (χ4v) is 1.87. The normalized spacial score (nSPS) is 12.0. The number of hydrogen-bond acceptors (Lipinski definition) is 5. The van der Waals surface area contributed by atoms with E-state index in [0.29, 0.717) is 12.4 Å². The van der Waals surface area contributed by atoms with E-state index >= 15 is 0 Å². The number of ether oxygens (including phenoxy) is 1. The molecule has 0 saturated heterocycles. The molecular weight excluding hydrogens is 323 g/mol. The number of pyridine rings is 1. The molecule has 0 fully saturated rings. The highest BCUT2D eigenvalue weighted by Gasteiger charge is 2.06. The standard InChI is InChI=1S/C8H11FN2O.C7H8O3S/c1-6(10)5-12-7-2-3-8(9)11-4-7;1-6-2-4-7(5-3-6)11(8,9)10/h2-4,6H,5,10H2,1H3;2-5H,1H3,(H,8,9,10)/t6-;/m1./s1. The number of aromatic nitrogens is 1. The molecule has 0 radical (unpaired) electrons. The van der Waals surface area contributed by atoms with E-state index in [1.54, 1.807) is 12.1 Å². The molecule has 0 aliphatic heterocycles. The second-order valence-electron chi connectivity index (χ2n) is 4.89. The first-order chi connectivity index (χ1) is 10.7. The molecule has 8 heteroatoms. The van der Waals surface area contributed by atoms with Crippen molar-refractivity contribution < 1.29 is 22.1 Å². The summed E-state index contributed by atoms with van der Waals surface area (Å²) < 4.78 is 47.0. The van der Waals surface area contributed by atoms with Crippen molar-refractivity contribution in [1.82, 2.24) is 4.98 Å². The predicted octanol–water partition coefficient (Wildman–Crippen LogP) is 2.19. The summed E-state index contributed by atoms with van der Waals surface area (Å²) in [6.45, 7) is 4.08. The zero-order chi connectivity index (χ0) is 17.5. The van der Waals surface area contributed by atoms with Gasteiger partial charge in [0.2, 0.25) is 5.95 Å². The quantitative estimate of drug-likeness (QED) is 0.652. The summed E-state index contributed by atoms with van der Waals surface area (Å²) in [5.41, 5.74) is 6.41. The Morgan fingerprint density at radius 1 is 1.26 bits per heavy atom. The van der Waals surface area contributed by atoms with Crippen molar-refractivity contribution in [1.29, 1.82) is 0 Å². The smallest absolute Gasteiger partial charge is 0.294 e. The average Bonchev–Trinajstić information content (AvgIpc) is 2.47. The summed E-state index contributed by atoms with van der Waals surface area (Å²) in [6.07, 6.45) is 1.33. The van der Waals surface area contributed by atoms with Crippen LogP contribution in [0.25, 0.3) is 0 Å². The zero-order valence-electron chi connectivity index (χ0n) is 12.8. The van der Waals surface area contributed by atoms with Gasteiger partial charge in [0.1, 0.15) is 12.4 Å². The lowest BCUT2D eigenvalue weighted by Gasteiger charge is -2.07. The maximum absolute atomic E-state index is 12.3. The van der Waals surface area contributed by atoms with E-state index in [-0.39, 0.29) is 10.9 Å². The zero-order valence-corrected chi connectivity index (χ0v) is 13.6. The van der Waals surface area contributed by atoms with Gasteiger partial charge < -0.3 is 10.5 Å². The SMILES string of the molecule is C[C@@H](N)COc1ccc(F)nc1.Cc1ccc(S(=O)(=O)O)cc1. The number of aryl methyl sites for hydroxylation is 1. The van der Waals surface area contributed by atoms with Crippen molar-refractivity contribution in [2.45, 2.75) is 24.8 Å². The van der Waals surface area contributed by atoms with Gasteiger partial charge in [-0.3, -0.25) is 4.55 Å². The lowest BCUT2D eigenvalue weighted by molar-refractivity contribution is 0.294. The van der Waals surface area contributed by atoms with Crippen molar-refractivity contribution in [2.75, 3.05) is 6.61 Å². The van der Waals surface area contributed by atoms with Crippen molar-refractivity contribution in [3.63, 3.8) is 0 Å². The number of nitrogens with two attached hydrogens (primary N) is 1. The highest BCUT2D eigenvalue weighted by Crippen LogP contribution is 2.09. The van der Waals surface area contributed by atoms with Gasteiger partial charge in [-0.25, -0.2) is 4.98 Å². The summed E-state index contributed by atoms with van der Waals surface area (Å²) in [4.78, 5) is 3.36. The van der Waals surface area contributed by atoms with Gasteiger partial charge in [-0.15, -0.1) is 0 Å². The molecule has 0 saturated carbocycles. The van der Waals surface area contributed by atoms with Crippen LogP contribution in [0.1, 0.15) is 12.5 Å². The molecule has 1 aromatic carbocycles. The lowest BCUT2D eigenvalue weighted by Crippen LogP contribution is -2.23. The van der Waals surface area contributed by atoms with Gasteiger partial charge in [-0.1, -0.05) is 17.7 Å². The highest BCUT2D eigenvalue weighted by atomic mass is 32.2. The maximum Gasteiger partial charge on any atom is 0.294 e. The summed E-state index contributed by atoms with van der Waals surface area (Å²) in [5, 5.41) is 0. The molecule has 3 N–H and O–H groups in total. The number of nitrogens with zero attached hydrogens (tertiary/aromatic N) is 1. The van der Waals surface area contributed by atoms with E-state index in [1.165, 1.54) is 30.5 Å². The summed E-state index contributed by atoms with van der Waals surface area (Å²) >= 11 is 0. The molecule has 0 amide bonds. The van der Waals surface area contributed by atoms with Crippen molar-refractivity contribution in [3.8, 4) is 5.75 Å². The molecule has 2 rings (SSSR count). The average molecular weight is 342 g/mol. The fourth-order valence-electron chi connectivity index (χ4n) is 1.39. The molecule has 0 unspecified atom stereocenters. The Hall–Kier alpha value is -2.03. The van der Waals surface area contributed by atoms with Crippen LogP contribution < -0.4 is 10.5 Å². The Kier molecular flexibility index (Phi) is 7.08. The van der Waals surface area contributed by atoms with E-state index < -0.39 is 16.1 Å². The topological polar surface area (TPSA) is 103 Å². The molecule has 1 aromatic heterocycles. The Labute approximate surface area is 134 Å². The summed E-state index contributed by atoms with van der Waals surface area (Å²) in [5.74, 6) is 0.0249. The molecule has 2 aromatic rings. The Morgan fingerprint density at radius 3 is 2.30 bits per heavy atom. The van der Waals surface area contributed by atoms with Crippen molar-refractivity contribution in [2.24, 2.45) is 5.73 Å². The van der Waals surface area contributed by atoms with Crippen LogP contribution in [0.3, 0.4) is 0 Å². The van der Waals surface area contributed by atoms with Crippen LogP contribution in [-0.4, -0.2) is 30.6 Å². The first-order valence-electron chi connectivity index (χ1n) is 6.72. The molecular formula is C15H19FN2O4S. The van der Waals surface area contributed by atoms with Gasteiger partial charge in [0, 0.05) is 6.04 Å². The molecule has 1 atom stereocenters. The molecule has 126 valence electrons. The molecule has 0 bridgehead atoms. The Balaban J connectivity index is 0.000000231. The number of halogens is 1. The second-order valence-corrected chi connectivity index (χ2v) is 6.31. The van der Waals surface area contributed by atoms with E-state index in [1.807, 2.05) is 13.8 Å². The molecule has 0 aliphatic rings. The number of benzene rings is 1. The van der Waals surface area contributed by atoms with Gasteiger partial charge in [-0.05, 0) is 38.1 Å². The van der Waals surface area contributed by atoms with E-state index in [9.17, 15) is 12.8 Å². The minimum atomic E-state index is -4.02. The van der Waals surface area contributed by atoms with Crippen LogP contribution in [0.5, 0.6) is 5.75 Å². The van der Waals surface area contributed by atoms with Crippen LogP contribution in [-0.2, 0) is 10.1 Å². The first-order valence-corrected chi connectivity index (χ1v) is 8.16. The lowest BCUT2D eigenvalue weighted by atomic mass is 10.2. The van der Waals surface area contributed by atoms with Gasteiger partial charge >= 0.3 is 0 Å². The van der Waals surface area contributed by atoms with Gasteiger partial charge in [0.05, 0.1) is 11.1 Å². The van der Waals surface area contributed by atoms with Gasteiger partial charge in [0.25, 0.3) is 10.1 Å². The van der Waals surface area contributed by atoms with E-state index in [0.717, 1.165) is 5.56 Å². The van der Waals surface area contributed by atoms with Crippen LogP contribution in [0.2, 0.25) is 0 Å². The van der Waals surface area contributed by atoms with E-state index in [4.69, 9.17) is 15.0 Å². The molecule has 23 heavy (non-hydrogen) atoms. The number of hydrogen-bond donors (Lipinski definition) is 2. The van der Waals surface area contributed by atoms with Gasteiger partial charge in [0.15, 0.2) is 0 Å². The highest BCUT2D eigenvalue weighted by molar-refractivity contribution is 7.85. The van der Waals surface area contributed by atoms with E-state index in [2.05, 4.69) is 4.98 Å². The fraction of sp³-hybridized carbons (Fsp3) is 0.267. The first kappa shape index (κ1) is 19.0. The molecule has 1 heterocycles. The Morgan fingerprint density at radius 2 is 1.87 bits per heavy atom.